The highest BCUT2D eigenvalue weighted by molar-refractivity contribution is 5.76. The molecule has 0 radical (unpaired) electrons. The molecule has 0 saturated heterocycles. The summed E-state index contributed by atoms with van der Waals surface area (Å²) in [6, 6.07) is 0.343. The van der Waals surface area contributed by atoms with Crippen LogP contribution in [0.25, 0.3) is 0 Å². The first-order valence-corrected chi connectivity index (χ1v) is 4.41. The fourth-order valence-corrected chi connectivity index (χ4v) is 1.54. The highest BCUT2D eigenvalue weighted by atomic mass is 16.1. The SMILES string of the molecule is CC(=O)CC(N(C)C)C(C)(C)C. The van der Waals surface area contributed by atoms with Gasteiger partial charge in [-0.3, -0.25) is 4.79 Å². The van der Waals surface area contributed by atoms with Crippen molar-refractivity contribution >= 4 is 5.78 Å². The van der Waals surface area contributed by atoms with E-state index in [4.69, 9.17) is 0 Å². The van der Waals surface area contributed by atoms with Crippen LogP contribution in [0, 0.1) is 5.41 Å². The minimum absolute atomic E-state index is 0.176. The summed E-state index contributed by atoms with van der Waals surface area (Å²) >= 11 is 0. The predicted molar refractivity (Wildman–Crippen MR) is 52.2 cm³/mol. The molecule has 0 aromatic rings. The lowest BCUT2D eigenvalue weighted by atomic mass is 9.83. The molecule has 1 unspecified atom stereocenters. The van der Waals surface area contributed by atoms with Gasteiger partial charge in [0.15, 0.2) is 0 Å². The second-order valence-corrected chi connectivity index (χ2v) is 4.75. The standard InChI is InChI=1S/C10H21NO/c1-8(12)7-9(11(5)6)10(2,3)4/h9H,7H2,1-6H3. The maximum Gasteiger partial charge on any atom is 0.131 e. The van der Waals surface area contributed by atoms with Crippen LogP contribution < -0.4 is 0 Å². The van der Waals surface area contributed by atoms with Crippen molar-refractivity contribution in [1.82, 2.24) is 4.90 Å². The Balaban J connectivity index is 4.35. The Morgan fingerprint density at radius 1 is 1.33 bits per heavy atom. The molecule has 1 atom stereocenters. The minimum atomic E-state index is 0.176. The van der Waals surface area contributed by atoms with E-state index >= 15 is 0 Å². The molecule has 0 aliphatic carbocycles. The number of hydrogen-bond acceptors (Lipinski definition) is 2. The molecule has 0 aliphatic rings. The van der Waals surface area contributed by atoms with Crippen molar-refractivity contribution in [1.29, 1.82) is 0 Å². The van der Waals surface area contributed by atoms with E-state index < -0.39 is 0 Å². The van der Waals surface area contributed by atoms with Gasteiger partial charge in [-0.2, -0.15) is 0 Å². The van der Waals surface area contributed by atoms with Gasteiger partial charge in [0.1, 0.15) is 5.78 Å². The molecule has 0 aromatic heterocycles. The lowest BCUT2D eigenvalue weighted by Crippen LogP contribution is -2.40. The Hall–Kier alpha value is -0.370. The van der Waals surface area contributed by atoms with E-state index in [-0.39, 0.29) is 11.2 Å². The van der Waals surface area contributed by atoms with Crippen molar-refractivity contribution < 1.29 is 4.79 Å². The van der Waals surface area contributed by atoms with Crippen LogP contribution in [0.15, 0.2) is 0 Å². The van der Waals surface area contributed by atoms with Gasteiger partial charge >= 0.3 is 0 Å². The first-order valence-electron chi connectivity index (χ1n) is 4.41. The van der Waals surface area contributed by atoms with Crippen LogP contribution in [0.4, 0.5) is 0 Å². The maximum atomic E-state index is 11.0. The number of rotatable bonds is 3. The zero-order valence-corrected chi connectivity index (χ0v) is 9.14. The molecule has 0 aliphatic heterocycles. The summed E-state index contributed by atoms with van der Waals surface area (Å²) in [6.07, 6.45) is 0.649. The highest BCUT2D eigenvalue weighted by Gasteiger charge is 2.27. The van der Waals surface area contributed by atoms with Crippen molar-refractivity contribution in [3.8, 4) is 0 Å². The Bertz CT molecular complexity index is 156. The second kappa shape index (κ2) is 4.04. The molecular weight excluding hydrogens is 150 g/mol. The van der Waals surface area contributed by atoms with Gasteiger partial charge in [-0.15, -0.1) is 0 Å². The summed E-state index contributed by atoms with van der Waals surface area (Å²) < 4.78 is 0. The van der Waals surface area contributed by atoms with Crippen LogP contribution >= 0.6 is 0 Å². The average Bonchev–Trinajstić information content (AvgIpc) is 1.79. The van der Waals surface area contributed by atoms with Gasteiger partial charge in [0.25, 0.3) is 0 Å². The van der Waals surface area contributed by atoms with Crippen LogP contribution in [0.2, 0.25) is 0 Å². The molecule has 0 spiro atoms. The van der Waals surface area contributed by atoms with Crippen LogP contribution in [0.3, 0.4) is 0 Å². The molecule has 0 heterocycles. The Morgan fingerprint density at radius 3 is 1.83 bits per heavy atom. The number of hydrogen-bond donors (Lipinski definition) is 0. The van der Waals surface area contributed by atoms with E-state index in [1.807, 2.05) is 14.1 Å². The van der Waals surface area contributed by atoms with E-state index in [0.29, 0.717) is 12.5 Å². The topological polar surface area (TPSA) is 20.3 Å². The first kappa shape index (κ1) is 11.6. The summed E-state index contributed by atoms with van der Waals surface area (Å²) in [5.74, 6) is 0.267. The predicted octanol–water partition coefficient (Wildman–Crippen LogP) is 1.94. The summed E-state index contributed by atoms with van der Waals surface area (Å²) in [6.45, 7) is 8.16. The minimum Gasteiger partial charge on any atom is -0.305 e. The molecule has 12 heavy (non-hydrogen) atoms. The Labute approximate surface area is 75.9 Å². The molecule has 0 amide bonds. The quantitative estimate of drug-likeness (QED) is 0.647. The van der Waals surface area contributed by atoms with Crippen LogP contribution in [-0.4, -0.2) is 30.8 Å². The number of carbonyl (C=O) groups is 1. The van der Waals surface area contributed by atoms with E-state index in [0.717, 1.165) is 0 Å². The van der Waals surface area contributed by atoms with Gasteiger partial charge in [-0.05, 0) is 26.4 Å². The third-order valence-corrected chi connectivity index (χ3v) is 2.10. The van der Waals surface area contributed by atoms with Crippen LogP contribution in [0.1, 0.15) is 34.1 Å². The van der Waals surface area contributed by atoms with E-state index in [1.54, 1.807) is 6.92 Å². The molecule has 2 nitrogen and oxygen atoms in total. The zero-order chi connectivity index (χ0) is 9.94. The summed E-state index contributed by atoms with van der Waals surface area (Å²) in [5.41, 5.74) is 0.176. The third kappa shape index (κ3) is 3.86. The number of carbonyl (C=O) groups excluding carboxylic acids is 1. The monoisotopic (exact) mass is 171 g/mol. The Kier molecular flexibility index (Phi) is 3.91. The first-order chi connectivity index (χ1) is 5.25. The fourth-order valence-electron chi connectivity index (χ4n) is 1.54. The molecule has 0 fully saturated rings. The van der Waals surface area contributed by atoms with E-state index in [2.05, 4.69) is 25.7 Å². The molecule has 72 valence electrons. The highest BCUT2D eigenvalue weighted by Crippen LogP contribution is 2.25. The lowest BCUT2D eigenvalue weighted by Gasteiger charge is -2.35. The molecular formula is C10H21NO. The van der Waals surface area contributed by atoms with Crippen molar-refractivity contribution in [2.45, 2.75) is 40.2 Å². The van der Waals surface area contributed by atoms with Crippen molar-refractivity contribution in [2.75, 3.05) is 14.1 Å². The molecule has 2 heteroatoms. The molecule has 0 bridgehead atoms. The number of Topliss-reactive ketones (excluding diaryl/α,β-unsaturated/α-hetero) is 1. The van der Waals surface area contributed by atoms with Gasteiger partial charge in [0.05, 0.1) is 0 Å². The number of ketones is 1. The second-order valence-electron chi connectivity index (χ2n) is 4.75. The van der Waals surface area contributed by atoms with Gasteiger partial charge in [-0.1, -0.05) is 20.8 Å². The zero-order valence-electron chi connectivity index (χ0n) is 9.14. The van der Waals surface area contributed by atoms with Crippen molar-refractivity contribution in [3.63, 3.8) is 0 Å². The van der Waals surface area contributed by atoms with Gasteiger partial charge in [0, 0.05) is 12.5 Å². The number of nitrogens with zero attached hydrogens (tertiary/aromatic N) is 1. The van der Waals surface area contributed by atoms with Gasteiger partial charge < -0.3 is 4.90 Å². The van der Waals surface area contributed by atoms with Crippen molar-refractivity contribution in [3.05, 3.63) is 0 Å². The van der Waals surface area contributed by atoms with E-state index in [1.165, 1.54) is 0 Å². The molecule has 0 rings (SSSR count). The molecule has 0 aromatic carbocycles. The van der Waals surface area contributed by atoms with Crippen LogP contribution in [0.5, 0.6) is 0 Å². The van der Waals surface area contributed by atoms with Crippen molar-refractivity contribution in [2.24, 2.45) is 5.41 Å². The average molecular weight is 171 g/mol. The molecule has 0 saturated carbocycles. The normalized spacial score (nSPS) is 14.9. The molecule has 0 N–H and O–H groups in total. The Morgan fingerprint density at radius 2 is 1.75 bits per heavy atom. The van der Waals surface area contributed by atoms with Crippen LogP contribution in [-0.2, 0) is 4.79 Å². The smallest absolute Gasteiger partial charge is 0.131 e. The maximum absolute atomic E-state index is 11.0. The third-order valence-electron chi connectivity index (χ3n) is 2.10. The lowest BCUT2D eigenvalue weighted by molar-refractivity contribution is -0.118. The summed E-state index contributed by atoms with van der Waals surface area (Å²) in [4.78, 5) is 13.1. The fraction of sp³-hybridized carbons (Fsp3) is 0.900. The van der Waals surface area contributed by atoms with Gasteiger partial charge in [0.2, 0.25) is 0 Å². The van der Waals surface area contributed by atoms with E-state index in [9.17, 15) is 4.79 Å². The largest absolute Gasteiger partial charge is 0.305 e. The summed E-state index contributed by atoms with van der Waals surface area (Å²) in [7, 11) is 4.05. The van der Waals surface area contributed by atoms with Gasteiger partial charge in [-0.25, -0.2) is 0 Å². The summed E-state index contributed by atoms with van der Waals surface area (Å²) in [5, 5.41) is 0.